The van der Waals surface area contributed by atoms with Gasteiger partial charge in [0.15, 0.2) is 0 Å². The van der Waals surface area contributed by atoms with Crippen LogP contribution in [0.2, 0.25) is 0 Å². The van der Waals surface area contributed by atoms with Crippen LogP contribution in [-0.2, 0) is 6.54 Å². The highest BCUT2D eigenvalue weighted by Crippen LogP contribution is 2.36. The van der Waals surface area contributed by atoms with Crippen molar-refractivity contribution < 1.29 is 9.47 Å². The Labute approximate surface area is 120 Å². The van der Waals surface area contributed by atoms with Gasteiger partial charge in [0, 0.05) is 24.2 Å². The van der Waals surface area contributed by atoms with E-state index in [1.165, 1.54) is 12.8 Å². The van der Waals surface area contributed by atoms with Crippen LogP contribution in [0.25, 0.3) is 0 Å². The summed E-state index contributed by atoms with van der Waals surface area (Å²) in [5.41, 5.74) is 1.09. The lowest BCUT2D eigenvalue weighted by Crippen LogP contribution is -2.34. The minimum atomic E-state index is 0.446. The molecule has 20 heavy (non-hydrogen) atoms. The molecule has 1 saturated carbocycles. The number of nitrogens with zero attached hydrogens (tertiary/aromatic N) is 2. The van der Waals surface area contributed by atoms with Crippen molar-refractivity contribution >= 4 is 0 Å². The first-order valence-corrected chi connectivity index (χ1v) is 7.01. The van der Waals surface area contributed by atoms with Crippen LogP contribution in [0, 0.1) is 17.2 Å². The fourth-order valence-corrected chi connectivity index (χ4v) is 2.51. The van der Waals surface area contributed by atoms with Crippen LogP contribution in [-0.4, -0.2) is 31.7 Å². The summed E-state index contributed by atoms with van der Waals surface area (Å²) in [4.78, 5) is 2.22. The normalized spacial score (nSPS) is 15.8. The molecule has 1 aliphatic rings. The third-order valence-corrected chi connectivity index (χ3v) is 4.02. The van der Waals surface area contributed by atoms with Crippen molar-refractivity contribution in [2.45, 2.75) is 32.4 Å². The average molecular weight is 274 g/mol. The van der Waals surface area contributed by atoms with E-state index in [1.807, 2.05) is 18.2 Å². The van der Waals surface area contributed by atoms with Crippen LogP contribution in [0.1, 0.15) is 25.3 Å². The quantitative estimate of drug-likeness (QED) is 0.717. The Morgan fingerprint density at radius 1 is 1.35 bits per heavy atom. The van der Waals surface area contributed by atoms with Crippen LogP contribution < -0.4 is 9.47 Å². The van der Waals surface area contributed by atoms with Crippen molar-refractivity contribution in [1.82, 2.24) is 4.90 Å². The lowest BCUT2D eigenvalue weighted by atomic mass is 10.1. The molecule has 0 heterocycles. The molecule has 1 aromatic rings. The third kappa shape index (κ3) is 3.43. The van der Waals surface area contributed by atoms with Crippen LogP contribution in [0.5, 0.6) is 11.5 Å². The fraction of sp³-hybridized carbons (Fsp3) is 0.562. The van der Waals surface area contributed by atoms with E-state index in [0.717, 1.165) is 29.5 Å². The Morgan fingerprint density at radius 3 is 2.65 bits per heavy atom. The van der Waals surface area contributed by atoms with Crippen molar-refractivity contribution in [3.8, 4) is 17.6 Å². The summed E-state index contributed by atoms with van der Waals surface area (Å²) < 4.78 is 10.6. The van der Waals surface area contributed by atoms with Gasteiger partial charge in [-0.1, -0.05) is 6.07 Å². The van der Waals surface area contributed by atoms with E-state index in [0.29, 0.717) is 12.6 Å². The Bertz CT molecular complexity index is 492. The maximum Gasteiger partial charge on any atom is 0.127 e. The third-order valence-electron chi connectivity index (χ3n) is 4.02. The van der Waals surface area contributed by atoms with Crippen LogP contribution in [0.3, 0.4) is 0 Å². The van der Waals surface area contributed by atoms with Crippen LogP contribution >= 0.6 is 0 Å². The molecule has 1 aromatic carbocycles. The first-order valence-electron chi connectivity index (χ1n) is 7.01. The highest BCUT2D eigenvalue weighted by Gasteiger charge is 2.32. The largest absolute Gasteiger partial charge is 0.497 e. The Hall–Kier alpha value is -1.73. The maximum absolute atomic E-state index is 9.03. The van der Waals surface area contributed by atoms with Gasteiger partial charge in [-0.2, -0.15) is 5.26 Å². The molecule has 0 spiro atoms. The average Bonchev–Trinajstić information content (AvgIpc) is 3.31. The first kappa shape index (κ1) is 14.7. The maximum atomic E-state index is 9.03. The molecule has 0 aromatic heterocycles. The summed E-state index contributed by atoms with van der Waals surface area (Å²) in [5.74, 6) is 2.34. The Morgan fingerprint density at radius 2 is 2.10 bits per heavy atom. The van der Waals surface area contributed by atoms with Gasteiger partial charge >= 0.3 is 0 Å². The molecule has 2 rings (SSSR count). The van der Waals surface area contributed by atoms with Gasteiger partial charge in [-0.25, -0.2) is 0 Å². The van der Waals surface area contributed by atoms with E-state index in [-0.39, 0.29) is 0 Å². The molecule has 0 N–H and O–H groups in total. The monoisotopic (exact) mass is 274 g/mol. The van der Waals surface area contributed by atoms with Gasteiger partial charge in [0.05, 0.1) is 26.8 Å². The molecule has 0 unspecified atom stereocenters. The smallest absolute Gasteiger partial charge is 0.127 e. The molecule has 1 aliphatic carbocycles. The summed E-state index contributed by atoms with van der Waals surface area (Å²) in [6.45, 7) is 3.40. The molecule has 0 amide bonds. The van der Waals surface area contributed by atoms with Gasteiger partial charge in [0.2, 0.25) is 0 Å². The highest BCUT2D eigenvalue weighted by molar-refractivity contribution is 5.40. The zero-order valence-corrected chi connectivity index (χ0v) is 12.4. The number of hydrogen-bond acceptors (Lipinski definition) is 4. The van der Waals surface area contributed by atoms with Crippen LogP contribution in [0.15, 0.2) is 18.2 Å². The Kier molecular flexibility index (Phi) is 4.86. The van der Waals surface area contributed by atoms with Gasteiger partial charge in [-0.05, 0) is 31.7 Å². The molecule has 4 nitrogen and oxygen atoms in total. The van der Waals surface area contributed by atoms with E-state index in [2.05, 4.69) is 17.9 Å². The molecule has 0 aliphatic heterocycles. The van der Waals surface area contributed by atoms with Crippen molar-refractivity contribution in [2.24, 2.45) is 5.92 Å². The fourth-order valence-electron chi connectivity index (χ4n) is 2.51. The second kappa shape index (κ2) is 6.62. The SMILES string of the molecule is COc1ccc(CN(CC#N)[C@H](C)C2CC2)c(OC)c1. The van der Waals surface area contributed by atoms with Gasteiger partial charge in [-0.3, -0.25) is 4.90 Å². The predicted octanol–water partition coefficient (Wildman–Crippen LogP) is 2.83. The van der Waals surface area contributed by atoms with E-state index in [4.69, 9.17) is 14.7 Å². The van der Waals surface area contributed by atoms with E-state index >= 15 is 0 Å². The molecule has 108 valence electrons. The molecule has 0 saturated heterocycles. The Balaban J connectivity index is 2.15. The number of ether oxygens (including phenoxy) is 2. The summed E-state index contributed by atoms with van der Waals surface area (Å²) in [6, 6.07) is 8.56. The summed E-state index contributed by atoms with van der Waals surface area (Å²) >= 11 is 0. The number of nitriles is 1. The van der Waals surface area contributed by atoms with Gasteiger partial charge in [0.1, 0.15) is 11.5 Å². The molecular weight excluding hydrogens is 252 g/mol. The predicted molar refractivity (Wildman–Crippen MR) is 77.8 cm³/mol. The summed E-state index contributed by atoms with van der Waals surface area (Å²) in [6.07, 6.45) is 2.56. The molecular formula is C16H22N2O2. The molecule has 0 bridgehead atoms. The van der Waals surface area contributed by atoms with Crippen molar-refractivity contribution in [3.63, 3.8) is 0 Å². The molecule has 1 atom stereocenters. The van der Waals surface area contributed by atoms with Gasteiger partial charge in [-0.15, -0.1) is 0 Å². The first-order chi connectivity index (χ1) is 9.69. The van der Waals surface area contributed by atoms with Crippen LogP contribution in [0.4, 0.5) is 0 Å². The molecule has 4 heteroatoms. The zero-order chi connectivity index (χ0) is 14.5. The van der Waals surface area contributed by atoms with Crippen molar-refractivity contribution in [1.29, 1.82) is 5.26 Å². The van der Waals surface area contributed by atoms with E-state index in [1.54, 1.807) is 14.2 Å². The van der Waals surface area contributed by atoms with Crippen molar-refractivity contribution in [3.05, 3.63) is 23.8 Å². The van der Waals surface area contributed by atoms with Crippen molar-refractivity contribution in [2.75, 3.05) is 20.8 Å². The lowest BCUT2D eigenvalue weighted by molar-refractivity contribution is 0.201. The minimum absolute atomic E-state index is 0.446. The summed E-state index contributed by atoms with van der Waals surface area (Å²) in [5, 5.41) is 9.03. The van der Waals surface area contributed by atoms with E-state index < -0.39 is 0 Å². The number of benzene rings is 1. The molecule has 0 radical (unpaired) electrons. The molecule has 1 fully saturated rings. The lowest BCUT2D eigenvalue weighted by Gasteiger charge is -2.27. The topological polar surface area (TPSA) is 45.5 Å². The number of hydrogen-bond donors (Lipinski definition) is 0. The second-order valence-electron chi connectivity index (χ2n) is 5.32. The highest BCUT2D eigenvalue weighted by atomic mass is 16.5. The van der Waals surface area contributed by atoms with Gasteiger partial charge < -0.3 is 9.47 Å². The second-order valence-corrected chi connectivity index (χ2v) is 5.32. The standard InChI is InChI=1S/C16H22N2O2/c1-12(13-4-5-13)18(9-8-17)11-14-6-7-15(19-2)10-16(14)20-3/h6-7,10,12-13H,4-5,9,11H2,1-3H3/t12-/m1/s1. The number of methoxy groups -OCH3 is 2. The minimum Gasteiger partial charge on any atom is -0.497 e. The summed E-state index contributed by atoms with van der Waals surface area (Å²) in [7, 11) is 3.31. The zero-order valence-electron chi connectivity index (χ0n) is 12.4. The number of rotatable bonds is 7. The van der Waals surface area contributed by atoms with Gasteiger partial charge in [0.25, 0.3) is 0 Å². The van der Waals surface area contributed by atoms with E-state index in [9.17, 15) is 0 Å².